The van der Waals surface area contributed by atoms with E-state index in [2.05, 4.69) is 5.32 Å². The summed E-state index contributed by atoms with van der Waals surface area (Å²) < 4.78 is 4.95. The van der Waals surface area contributed by atoms with Crippen molar-refractivity contribution < 1.29 is 19.6 Å². The summed E-state index contributed by atoms with van der Waals surface area (Å²) in [4.78, 5) is 23.5. The highest BCUT2D eigenvalue weighted by atomic mass is 16.6. The van der Waals surface area contributed by atoms with Crippen molar-refractivity contribution in [1.82, 2.24) is 4.90 Å². The molecular weight excluding hydrogens is 278 g/mol. The molecule has 2 N–H and O–H groups in total. The van der Waals surface area contributed by atoms with Gasteiger partial charge in [-0.15, -0.1) is 0 Å². The summed E-state index contributed by atoms with van der Waals surface area (Å²) in [6.45, 7) is 2.31. The number of nitrogens with zero attached hydrogens (tertiary/aromatic N) is 2. The number of benzene rings is 1. The molecule has 1 aromatic carbocycles. The van der Waals surface area contributed by atoms with Crippen LogP contribution in [-0.4, -0.2) is 61.3 Å². The predicted octanol–water partition coefficient (Wildman–Crippen LogP) is 1.28. The number of anilines is 1. The molecule has 0 amide bonds. The zero-order valence-corrected chi connectivity index (χ0v) is 12.0. The van der Waals surface area contributed by atoms with Gasteiger partial charge in [0.2, 0.25) is 0 Å². The molecule has 1 rings (SSSR count). The largest absolute Gasteiger partial charge is 0.478 e. The number of nitrogens with one attached hydrogen (secondary N) is 1. The second-order valence-electron chi connectivity index (χ2n) is 4.48. The molecule has 0 aliphatic heterocycles. The lowest BCUT2D eigenvalue weighted by Gasteiger charge is -2.17. The zero-order chi connectivity index (χ0) is 15.8. The van der Waals surface area contributed by atoms with E-state index < -0.39 is 10.9 Å². The second kappa shape index (κ2) is 8.18. The Morgan fingerprint density at radius 2 is 2.19 bits per heavy atom. The standard InChI is InChI=1S/C13H19N3O5/c1-15(8-9-21-2)7-6-14-12-10(13(17)18)4-3-5-11(12)16(19)20/h3-5,14H,6-9H2,1-2H3,(H,17,18). The SMILES string of the molecule is COCCN(C)CCNc1c(C(=O)O)cccc1[N+](=O)[O-]. The fraction of sp³-hybridized carbons (Fsp3) is 0.462. The Morgan fingerprint density at radius 1 is 1.48 bits per heavy atom. The van der Waals surface area contributed by atoms with Gasteiger partial charge in [0.15, 0.2) is 0 Å². The maximum absolute atomic E-state index is 11.1. The number of carbonyl (C=O) groups is 1. The highest BCUT2D eigenvalue weighted by molar-refractivity contribution is 5.96. The van der Waals surface area contributed by atoms with E-state index in [1.54, 1.807) is 7.11 Å². The zero-order valence-electron chi connectivity index (χ0n) is 12.0. The number of ether oxygens (including phenoxy) is 1. The first-order valence-electron chi connectivity index (χ1n) is 6.39. The van der Waals surface area contributed by atoms with Crippen molar-refractivity contribution in [3.63, 3.8) is 0 Å². The van der Waals surface area contributed by atoms with Crippen LogP contribution < -0.4 is 5.32 Å². The van der Waals surface area contributed by atoms with Crippen LogP contribution in [0.4, 0.5) is 11.4 Å². The fourth-order valence-corrected chi connectivity index (χ4v) is 1.79. The van der Waals surface area contributed by atoms with Crippen LogP contribution in [0.1, 0.15) is 10.4 Å². The topological polar surface area (TPSA) is 105 Å². The lowest BCUT2D eigenvalue weighted by atomic mass is 10.1. The minimum absolute atomic E-state index is 0.0372. The van der Waals surface area contributed by atoms with E-state index in [-0.39, 0.29) is 16.9 Å². The Bertz CT molecular complexity index is 474. The molecule has 0 aliphatic carbocycles. The molecule has 0 radical (unpaired) electrons. The van der Waals surface area contributed by atoms with Gasteiger partial charge in [-0.1, -0.05) is 6.07 Å². The van der Waals surface area contributed by atoms with Crippen molar-refractivity contribution >= 4 is 17.3 Å². The number of hydrogen-bond acceptors (Lipinski definition) is 6. The third-order valence-corrected chi connectivity index (χ3v) is 2.94. The molecular formula is C13H19N3O5. The number of aromatic carboxylic acids is 1. The van der Waals surface area contributed by atoms with Crippen molar-refractivity contribution in [2.24, 2.45) is 0 Å². The molecule has 0 unspecified atom stereocenters. The van der Waals surface area contributed by atoms with Crippen LogP contribution in [-0.2, 0) is 4.74 Å². The van der Waals surface area contributed by atoms with E-state index in [4.69, 9.17) is 9.84 Å². The summed E-state index contributed by atoms with van der Waals surface area (Å²) in [7, 11) is 3.50. The van der Waals surface area contributed by atoms with Crippen molar-refractivity contribution in [3.8, 4) is 0 Å². The summed E-state index contributed by atoms with van der Waals surface area (Å²) >= 11 is 0. The van der Waals surface area contributed by atoms with Crippen LogP contribution in [0.2, 0.25) is 0 Å². The number of rotatable bonds is 9. The summed E-state index contributed by atoms with van der Waals surface area (Å²) in [5.41, 5.74) is -0.312. The van der Waals surface area contributed by atoms with E-state index >= 15 is 0 Å². The van der Waals surface area contributed by atoms with Gasteiger partial charge in [-0.3, -0.25) is 10.1 Å². The Hall–Kier alpha value is -2.19. The van der Waals surface area contributed by atoms with E-state index in [0.29, 0.717) is 19.7 Å². The normalized spacial score (nSPS) is 10.6. The summed E-state index contributed by atoms with van der Waals surface area (Å²) in [6, 6.07) is 3.98. The van der Waals surface area contributed by atoms with Gasteiger partial charge in [0.1, 0.15) is 5.69 Å². The van der Waals surface area contributed by atoms with E-state index in [1.165, 1.54) is 18.2 Å². The van der Waals surface area contributed by atoms with Crippen LogP contribution in [0.25, 0.3) is 0 Å². The minimum atomic E-state index is -1.20. The number of nitro benzene ring substituents is 1. The molecule has 0 bridgehead atoms. The molecule has 8 heteroatoms. The monoisotopic (exact) mass is 297 g/mol. The maximum Gasteiger partial charge on any atom is 0.338 e. The molecule has 0 aromatic heterocycles. The first kappa shape index (κ1) is 16.9. The first-order chi connectivity index (χ1) is 9.97. The molecule has 0 atom stereocenters. The Balaban J connectivity index is 2.77. The molecule has 116 valence electrons. The fourth-order valence-electron chi connectivity index (χ4n) is 1.79. The third kappa shape index (κ3) is 5.01. The molecule has 0 saturated heterocycles. The molecule has 0 heterocycles. The highest BCUT2D eigenvalue weighted by Crippen LogP contribution is 2.28. The summed E-state index contributed by atoms with van der Waals surface area (Å²) in [6.07, 6.45) is 0. The number of para-hydroxylation sites is 1. The van der Waals surface area contributed by atoms with E-state index in [1.807, 2.05) is 11.9 Å². The van der Waals surface area contributed by atoms with Gasteiger partial charge in [-0.25, -0.2) is 4.79 Å². The average molecular weight is 297 g/mol. The molecule has 0 fully saturated rings. The van der Waals surface area contributed by atoms with Gasteiger partial charge in [0, 0.05) is 32.8 Å². The summed E-state index contributed by atoms with van der Waals surface area (Å²) in [5, 5.41) is 22.9. The van der Waals surface area contributed by atoms with Crippen molar-refractivity contribution in [2.45, 2.75) is 0 Å². The smallest absolute Gasteiger partial charge is 0.338 e. The molecule has 0 spiro atoms. The number of hydrogen-bond donors (Lipinski definition) is 2. The highest BCUT2D eigenvalue weighted by Gasteiger charge is 2.20. The number of carboxylic acid groups (broad SMARTS) is 1. The number of carboxylic acids is 1. The molecule has 0 saturated carbocycles. The second-order valence-corrected chi connectivity index (χ2v) is 4.48. The number of likely N-dealkylation sites (N-methyl/N-ethyl adjacent to an activating group) is 1. The van der Waals surface area contributed by atoms with E-state index in [0.717, 1.165) is 6.54 Å². The van der Waals surface area contributed by atoms with Crippen molar-refractivity contribution in [3.05, 3.63) is 33.9 Å². The molecule has 8 nitrogen and oxygen atoms in total. The van der Waals surface area contributed by atoms with Crippen LogP contribution in [0.3, 0.4) is 0 Å². The van der Waals surface area contributed by atoms with Crippen molar-refractivity contribution in [2.75, 3.05) is 45.7 Å². The van der Waals surface area contributed by atoms with Gasteiger partial charge in [-0.2, -0.15) is 0 Å². The quantitative estimate of drug-likeness (QED) is 0.522. The minimum Gasteiger partial charge on any atom is -0.478 e. The van der Waals surface area contributed by atoms with Gasteiger partial charge in [0.25, 0.3) is 5.69 Å². The summed E-state index contributed by atoms with van der Waals surface area (Å²) in [5.74, 6) is -1.20. The van der Waals surface area contributed by atoms with Gasteiger partial charge >= 0.3 is 5.97 Å². The molecule has 21 heavy (non-hydrogen) atoms. The Kier molecular flexibility index (Phi) is 6.57. The predicted molar refractivity (Wildman–Crippen MR) is 77.9 cm³/mol. The van der Waals surface area contributed by atoms with Crippen LogP contribution in [0.5, 0.6) is 0 Å². The third-order valence-electron chi connectivity index (χ3n) is 2.94. The van der Waals surface area contributed by atoms with Crippen molar-refractivity contribution in [1.29, 1.82) is 0 Å². The van der Waals surface area contributed by atoms with Gasteiger partial charge in [-0.05, 0) is 13.1 Å². The van der Waals surface area contributed by atoms with E-state index in [9.17, 15) is 14.9 Å². The van der Waals surface area contributed by atoms with Crippen LogP contribution >= 0.6 is 0 Å². The molecule has 1 aromatic rings. The first-order valence-corrected chi connectivity index (χ1v) is 6.39. The Morgan fingerprint density at radius 3 is 2.76 bits per heavy atom. The number of nitro groups is 1. The van der Waals surface area contributed by atoms with Crippen LogP contribution in [0, 0.1) is 10.1 Å². The lowest BCUT2D eigenvalue weighted by molar-refractivity contribution is -0.384. The van der Waals surface area contributed by atoms with Crippen LogP contribution in [0.15, 0.2) is 18.2 Å². The maximum atomic E-state index is 11.1. The Labute approximate surface area is 122 Å². The lowest BCUT2D eigenvalue weighted by Crippen LogP contribution is -2.28. The molecule has 0 aliphatic rings. The van der Waals surface area contributed by atoms with Gasteiger partial charge in [0.05, 0.1) is 17.1 Å². The average Bonchev–Trinajstić information content (AvgIpc) is 2.44. The number of methoxy groups -OCH3 is 1. The van der Waals surface area contributed by atoms with Gasteiger partial charge < -0.3 is 20.1 Å².